The summed E-state index contributed by atoms with van der Waals surface area (Å²) < 4.78 is 35.0. The SMILES string of the molecule is CC(C)(N)CNCCCC(F)(F)F. The van der Waals surface area contributed by atoms with Crippen molar-refractivity contribution in [3.05, 3.63) is 0 Å². The Morgan fingerprint density at radius 1 is 1.23 bits per heavy atom. The largest absolute Gasteiger partial charge is 0.389 e. The van der Waals surface area contributed by atoms with E-state index in [1.165, 1.54) is 0 Å². The van der Waals surface area contributed by atoms with Gasteiger partial charge in [0.25, 0.3) is 0 Å². The maximum Gasteiger partial charge on any atom is 0.389 e. The van der Waals surface area contributed by atoms with Gasteiger partial charge in [-0.05, 0) is 26.8 Å². The highest BCUT2D eigenvalue weighted by Crippen LogP contribution is 2.20. The molecule has 0 aliphatic rings. The number of hydrogen-bond acceptors (Lipinski definition) is 2. The summed E-state index contributed by atoms with van der Waals surface area (Å²) in [5.41, 5.74) is 5.26. The van der Waals surface area contributed by atoms with Crippen LogP contribution in [-0.2, 0) is 0 Å². The van der Waals surface area contributed by atoms with Crippen LogP contribution in [0.3, 0.4) is 0 Å². The molecule has 3 N–H and O–H groups in total. The Morgan fingerprint density at radius 3 is 2.15 bits per heavy atom. The minimum atomic E-state index is -4.04. The molecule has 0 aromatic rings. The van der Waals surface area contributed by atoms with Gasteiger partial charge in [-0.1, -0.05) is 0 Å². The van der Waals surface area contributed by atoms with E-state index in [2.05, 4.69) is 5.32 Å². The molecule has 0 saturated heterocycles. The Bertz CT molecular complexity index is 121. The predicted octanol–water partition coefficient (Wildman–Crippen LogP) is 1.66. The number of hydrogen-bond donors (Lipinski definition) is 2. The fourth-order valence-electron chi connectivity index (χ4n) is 0.824. The molecule has 0 aromatic heterocycles. The van der Waals surface area contributed by atoms with Gasteiger partial charge in [0.2, 0.25) is 0 Å². The number of halogens is 3. The monoisotopic (exact) mass is 198 g/mol. The molecule has 0 fully saturated rings. The van der Waals surface area contributed by atoms with Crippen molar-refractivity contribution in [3.63, 3.8) is 0 Å². The molecule has 80 valence electrons. The highest BCUT2D eigenvalue weighted by atomic mass is 19.4. The van der Waals surface area contributed by atoms with Gasteiger partial charge in [0, 0.05) is 18.5 Å². The molecule has 0 aliphatic carbocycles. The summed E-state index contributed by atoms with van der Waals surface area (Å²) in [6, 6.07) is 0. The molecule has 0 rings (SSSR count). The summed E-state index contributed by atoms with van der Waals surface area (Å²) in [4.78, 5) is 0. The molecule has 0 amide bonds. The van der Waals surface area contributed by atoms with E-state index in [1.54, 1.807) is 0 Å². The van der Waals surface area contributed by atoms with Crippen LogP contribution in [0, 0.1) is 0 Å². The van der Waals surface area contributed by atoms with E-state index in [1.807, 2.05) is 13.8 Å². The minimum Gasteiger partial charge on any atom is -0.324 e. The lowest BCUT2D eigenvalue weighted by molar-refractivity contribution is -0.135. The van der Waals surface area contributed by atoms with E-state index >= 15 is 0 Å². The molecule has 0 bridgehead atoms. The van der Waals surface area contributed by atoms with E-state index in [0.29, 0.717) is 13.1 Å². The normalized spacial score (nSPS) is 13.4. The third-order valence-electron chi connectivity index (χ3n) is 1.39. The minimum absolute atomic E-state index is 0.111. The molecule has 0 saturated carbocycles. The molecule has 0 atom stereocenters. The smallest absolute Gasteiger partial charge is 0.324 e. The summed E-state index contributed by atoms with van der Waals surface area (Å²) in [5.74, 6) is 0. The van der Waals surface area contributed by atoms with Gasteiger partial charge < -0.3 is 11.1 Å². The van der Waals surface area contributed by atoms with Gasteiger partial charge in [-0.3, -0.25) is 0 Å². The van der Waals surface area contributed by atoms with Gasteiger partial charge in [0.15, 0.2) is 0 Å². The van der Waals surface area contributed by atoms with Crippen molar-refractivity contribution in [2.24, 2.45) is 5.73 Å². The maximum atomic E-state index is 11.7. The first-order valence-corrected chi connectivity index (χ1v) is 4.27. The number of rotatable bonds is 5. The summed E-state index contributed by atoms with van der Waals surface area (Å²) in [7, 11) is 0. The van der Waals surface area contributed by atoms with Gasteiger partial charge in [-0.2, -0.15) is 13.2 Å². The molecule has 0 spiro atoms. The average molecular weight is 198 g/mol. The van der Waals surface area contributed by atoms with Crippen LogP contribution in [0.2, 0.25) is 0 Å². The summed E-state index contributed by atoms with van der Waals surface area (Å²) in [6.07, 6.45) is -4.66. The molecular formula is C8H17F3N2. The highest BCUT2D eigenvalue weighted by molar-refractivity contribution is 4.74. The highest BCUT2D eigenvalue weighted by Gasteiger charge is 2.25. The molecule has 2 nitrogen and oxygen atoms in total. The summed E-state index contributed by atoms with van der Waals surface area (Å²) >= 11 is 0. The first-order chi connectivity index (χ1) is 5.71. The van der Waals surface area contributed by atoms with Crippen molar-refractivity contribution >= 4 is 0 Å². The molecule has 0 unspecified atom stereocenters. The third-order valence-corrected chi connectivity index (χ3v) is 1.39. The van der Waals surface area contributed by atoms with Crippen LogP contribution in [0.5, 0.6) is 0 Å². The van der Waals surface area contributed by atoms with E-state index in [9.17, 15) is 13.2 Å². The zero-order valence-electron chi connectivity index (χ0n) is 8.04. The van der Waals surface area contributed by atoms with E-state index < -0.39 is 12.6 Å². The van der Waals surface area contributed by atoms with Gasteiger partial charge >= 0.3 is 6.18 Å². The van der Waals surface area contributed by atoms with Crippen LogP contribution in [-0.4, -0.2) is 24.8 Å². The Balaban J connectivity index is 3.28. The van der Waals surface area contributed by atoms with Crippen molar-refractivity contribution in [2.75, 3.05) is 13.1 Å². The van der Waals surface area contributed by atoms with Crippen molar-refractivity contribution < 1.29 is 13.2 Å². The number of nitrogens with two attached hydrogens (primary N) is 1. The van der Waals surface area contributed by atoms with Crippen LogP contribution >= 0.6 is 0 Å². The Labute approximate surface area is 76.7 Å². The lowest BCUT2D eigenvalue weighted by atomic mass is 10.1. The van der Waals surface area contributed by atoms with Crippen molar-refractivity contribution in [3.8, 4) is 0 Å². The number of alkyl halides is 3. The van der Waals surface area contributed by atoms with Crippen LogP contribution in [0.1, 0.15) is 26.7 Å². The zero-order chi connectivity index (χ0) is 10.5. The van der Waals surface area contributed by atoms with Crippen molar-refractivity contribution in [1.29, 1.82) is 0 Å². The predicted molar refractivity (Wildman–Crippen MR) is 46.4 cm³/mol. The average Bonchev–Trinajstić information content (AvgIpc) is 1.81. The first kappa shape index (κ1) is 12.7. The Morgan fingerprint density at radius 2 is 1.77 bits per heavy atom. The fourth-order valence-corrected chi connectivity index (χ4v) is 0.824. The summed E-state index contributed by atoms with van der Waals surface area (Å²) in [6.45, 7) is 4.54. The standard InChI is InChI=1S/C8H17F3N2/c1-7(2,12)6-13-5-3-4-8(9,10)11/h13H,3-6,12H2,1-2H3. The van der Waals surface area contributed by atoms with Crippen LogP contribution in [0.4, 0.5) is 13.2 Å². The third kappa shape index (κ3) is 11.7. The molecule has 5 heteroatoms. The molecular weight excluding hydrogens is 181 g/mol. The van der Waals surface area contributed by atoms with E-state index in [0.717, 1.165) is 0 Å². The van der Waals surface area contributed by atoms with Crippen molar-refractivity contribution in [1.82, 2.24) is 5.32 Å². The second kappa shape index (κ2) is 4.81. The number of nitrogens with one attached hydrogen (secondary N) is 1. The molecule has 0 aliphatic heterocycles. The van der Waals surface area contributed by atoms with Crippen molar-refractivity contribution in [2.45, 2.75) is 38.4 Å². The Kier molecular flexibility index (Phi) is 4.70. The van der Waals surface area contributed by atoms with Crippen LogP contribution in [0.15, 0.2) is 0 Å². The molecule has 0 heterocycles. The van der Waals surface area contributed by atoms with Gasteiger partial charge in [0.1, 0.15) is 0 Å². The van der Waals surface area contributed by atoms with E-state index in [4.69, 9.17) is 5.73 Å². The van der Waals surface area contributed by atoms with Gasteiger partial charge in [-0.15, -0.1) is 0 Å². The van der Waals surface area contributed by atoms with Gasteiger partial charge in [-0.25, -0.2) is 0 Å². The summed E-state index contributed by atoms with van der Waals surface area (Å²) in [5, 5.41) is 2.87. The topological polar surface area (TPSA) is 38.0 Å². The maximum absolute atomic E-state index is 11.7. The van der Waals surface area contributed by atoms with Crippen LogP contribution < -0.4 is 11.1 Å². The fraction of sp³-hybridized carbons (Fsp3) is 1.00. The second-order valence-corrected chi connectivity index (χ2v) is 3.88. The first-order valence-electron chi connectivity index (χ1n) is 4.27. The van der Waals surface area contributed by atoms with Crippen LogP contribution in [0.25, 0.3) is 0 Å². The van der Waals surface area contributed by atoms with Gasteiger partial charge in [0.05, 0.1) is 0 Å². The molecule has 13 heavy (non-hydrogen) atoms. The zero-order valence-corrected chi connectivity index (χ0v) is 8.04. The molecule has 0 radical (unpaired) electrons. The molecule has 0 aromatic carbocycles. The van der Waals surface area contributed by atoms with E-state index in [-0.39, 0.29) is 12.0 Å². The lowest BCUT2D eigenvalue weighted by Gasteiger charge is -2.18. The lowest BCUT2D eigenvalue weighted by Crippen LogP contribution is -2.43. The Hall–Kier alpha value is -0.290. The second-order valence-electron chi connectivity index (χ2n) is 3.88. The quantitative estimate of drug-likeness (QED) is 0.659.